The second-order valence-corrected chi connectivity index (χ2v) is 13.4. The van der Waals surface area contributed by atoms with Gasteiger partial charge in [0.15, 0.2) is 0 Å². The smallest absolute Gasteiger partial charge is 0.327 e. The molecule has 0 aliphatic carbocycles. The van der Waals surface area contributed by atoms with Gasteiger partial charge in [0.2, 0.25) is 0 Å². The van der Waals surface area contributed by atoms with E-state index in [1.165, 1.54) is 46.2 Å². The van der Waals surface area contributed by atoms with Crippen molar-refractivity contribution < 1.29 is 36.7 Å². The van der Waals surface area contributed by atoms with Gasteiger partial charge in [-0.2, -0.15) is 10.5 Å². The monoisotopic (exact) mass is 788 g/mol. The van der Waals surface area contributed by atoms with Gasteiger partial charge in [-0.25, -0.2) is 27.2 Å². The maximum atomic E-state index is 13.1. The van der Waals surface area contributed by atoms with Gasteiger partial charge in [-0.15, -0.1) is 0 Å². The number of hydrogen-bond acceptors (Lipinski definition) is 6. The summed E-state index contributed by atoms with van der Waals surface area (Å²) >= 11 is 0. The van der Waals surface area contributed by atoms with Gasteiger partial charge in [-0.05, 0) is 59.7 Å². The summed E-state index contributed by atoms with van der Waals surface area (Å²) in [5.74, 6) is -0.647. The van der Waals surface area contributed by atoms with Crippen LogP contribution in [0.5, 0.6) is 0 Å². The Bertz CT molecular complexity index is 2290. The zero-order valence-electron chi connectivity index (χ0n) is 30.3. The molecular formula is C42H32F4N8O4. The molecule has 0 aromatic heterocycles. The molecule has 0 unspecified atom stereocenters. The van der Waals surface area contributed by atoms with Gasteiger partial charge in [-0.3, -0.25) is 19.4 Å². The van der Waals surface area contributed by atoms with E-state index in [0.29, 0.717) is 70.7 Å². The molecule has 4 aliphatic rings. The summed E-state index contributed by atoms with van der Waals surface area (Å²) in [6.45, 7) is 0.687. The molecule has 16 heteroatoms. The summed E-state index contributed by atoms with van der Waals surface area (Å²) in [4.78, 5) is 53.8. The largest absolute Gasteiger partial charge is 0.352 e. The quantitative estimate of drug-likeness (QED) is 0.152. The topological polar surface area (TPSA) is 170 Å². The number of carbonyl (C=O) groups excluding carboxylic acids is 4. The normalized spacial score (nSPS) is 18.8. The molecule has 0 saturated heterocycles. The summed E-state index contributed by atoms with van der Waals surface area (Å²) in [6, 6.07) is 26.0. The van der Waals surface area contributed by atoms with E-state index in [1.54, 1.807) is 60.7 Å². The first-order valence-corrected chi connectivity index (χ1v) is 18.0. The minimum atomic E-state index is -2.67. The third kappa shape index (κ3) is 7.55. The van der Waals surface area contributed by atoms with Crippen molar-refractivity contribution in [2.24, 2.45) is 0 Å². The van der Waals surface area contributed by atoms with E-state index in [0.717, 1.165) is 0 Å². The Kier molecular flexibility index (Phi) is 10.9. The van der Waals surface area contributed by atoms with Crippen LogP contribution in [0.2, 0.25) is 0 Å². The highest BCUT2D eigenvalue weighted by Crippen LogP contribution is 2.39. The van der Waals surface area contributed by atoms with E-state index in [-0.39, 0.29) is 34.3 Å². The zero-order chi connectivity index (χ0) is 41.1. The van der Waals surface area contributed by atoms with Crippen LogP contribution < -0.4 is 31.1 Å². The number of anilines is 2. The van der Waals surface area contributed by atoms with Crippen LogP contribution in [-0.4, -0.2) is 37.0 Å². The highest BCUT2D eigenvalue weighted by atomic mass is 19.3. The van der Waals surface area contributed by atoms with Crippen LogP contribution in [0.4, 0.5) is 38.5 Å². The molecule has 0 radical (unpaired) electrons. The molecule has 4 aliphatic heterocycles. The van der Waals surface area contributed by atoms with Crippen molar-refractivity contribution in [3.05, 3.63) is 153 Å². The SMILES string of the molecule is N#Cc1ccc([C@@H]2NC(=O)N(c3cccc(C(F)F)c3)C3=C2C(=O)NCC3)cc1.N#Cc1ccc([C@H]2NC(=O)N(c3cccc(C(F)F)c3)C3=C2C(=O)NCC3)cc1. The third-order valence-corrected chi connectivity index (χ3v) is 9.97. The number of rotatable bonds is 6. The molecule has 4 aromatic rings. The number of nitrogens with one attached hydrogen (secondary N) is 4. The second kappa shape index (κ2) is 16.3. The predicted molar refractivity (Wildman–Crippen MR) is 202 cm³/mol. The lowest BCUT2D eigenvalue weighted by molar-refractivity contribution is -0.119. The fourth-order valence-electron chi connectivity index (χ4n) is 7.28. The molecular weight excluding hydrogens is 757 g/mol. The van der Waals surface area contributed by atoms with Gasteiger partial charge in [0, 0.05) is 48.5 Å². The Morgan fingerprint density at radius 3 is 1.29 bits per heavy atom. The minimum absolute atomic E-state index is 0.202. The minimum Gasteiger partial charge on any atom is -0.352 e. The van der Waals surface area contributed by atoms with Gasteiger partial charge < -0.3 is 21.3 Å². The molecule has 2 atom stereocenters. The van der Waals surface area contributed by atoms with Gasteiger partial charge in [0.25, 0.3) is 24.7 Å². The van der Waals surface area contributed by atoms with Gasteiger partial charge in [0.1, 0.15) is 0 Å². The van der Waals surface area contributed by atoms with E-state index in [4.69, 9.17) is 10.5 Å². The van der Waals surface area contributed by atoms with Crippen LogP contribution in [0.1, 0.15) is 71.2 Å². The molecule has 4 N–H and O–H groups in total. The van der Waals surface area contributed by atoms with Crippen molar-refractivity contribution in [3.8, 4) is 12.1 Å². The van der Waals surface area contributed by atoms with Crippen molar-refractivity contribution in [1.29, 1.82) is 10.5 Å². The van der Waals surface area contributed by atoms with Crippen molar-refractivity contribution >= 4 is 35.3 Å². The van der Waals surface area contributed by atoms with Crippen LogP contribution in [-0.2, 0) is 9.59 Å². The van der Waals surface area contributed by atoms with Crippen LogP contribution in [0.25, 0.3) is 0 Å². The second-order valence-electron chi connectivity index (χ2n) is 13.4. The Balaban J connectivity index is 0.000000177. The Hall–Kier alpha value is -7.46. The first kappa shape index (κ1) is 38.8. The average Bonchev–Trinajstić information content (AvgIpc) is 3.23. The lowest BCUT2D eigenvalue weighted by Gasteiger charge is -2.39. The van der Waals surface area contributed by atoms with E-state index in [2.05, 4.69) is 21.3 Å². The molecule has 0 fully saturated rings. The molecule has 6 amide bonds. The molecule has 0 bridgehead atoms. The summed E-state index contributed by atoms with van der Waals surface area (Å²) < 4.78 is 52.5. The maximum absolute atomic E-state index is 13.1. The average molecular weight is 789 g/mol. The number of halogens is 4. The van der Waals surface area contributed by atoms with Crippen LogP contribution in [0.3, 0.4) is 0 Å². The van der Waals surface area contributed by atoms with Gasteiger partial charge in [0.05, 0.1) is 57.9 Å². The summed E-state index contributed by atoms with van der Waals surface area (Å²) in [5.41, 5.74) is 4.08. The lowest BCUT2D eigenvalue weighted by atomic mass is 9.90. The third-order valence-electron chi connectivity index (χ3n) is 9.97. The molecule has 12 nitrogen and oxygen atoms in total. The Morgan fingerprint density at radius 2 is 0.948 bits per heavy atom. The highest BCUT2D eigenvalue weighted by Gasteiger charge is 2.41. The maximum Gasteiger partial charge on any atom is 0.327 e. The Morgan fingerprint density at radius 1 is 0.569 bits per heavy atom. The lowest BCUT2D eigenvalue weighted by Crippen LogP contribution is -2.52. The molecule has 58 heavy (non-hydrogen) atoms. The molecule has 0 spiro atoms. The molecule has 4 heterocycles. The number of urea groups is 2. The first-order valence-electron chi connectivity index (χ1n) is 18.0. The van der Waals surface area contributed by atoms with E-state index in [9.17, 15) is 36.7 Å². The van der Waals surface area contributed by atoms with Crippen LogP contribution >= 0.6 is 0 Å². The molecule has 8 rings (SSSR count). The summed E-state index contributed by atoms with van der Waals surface area (Å²) in [6.07, 6.45) is -4.56. The molecule has 292 valence electrons. The van der Waals surface area contributed by atoms with Crippen molar-refractivity contribution in [1.82, 2.24) is 21.3 Å². The number of nitriles is 2. The zero-order valence-corrected chi connectivity index (χ0v) is 30.3. The first-order chi connectivity index (χ1) is 28.0. The molecule has 4 aromatic carbocycles. The van der Waals surface area contributed by atoms with Crippen LogP contribution in [0.15, 0.2) is 120 Å². The summed E-state index contributed by atoms with van der Waals surface area (Å²) in [7, 11) is 0. The van der Waals surface area contributed by atoms with Crippen molar-refractivity contribution in [2.75, 3.05) is 22.9 Å². The van der Waals surface area contributed by atoms with E-state index in [1.807, 2.05) is 12.1 Å². The van der Waals surface area contributed by atoms with Gasteiger partial charge in [-0.1, -0.05) is 48.5 Å². The number of carbonyl (C=O) groups is 4. The number of benzene rings is 4. The van der Waals surface area contributed by atoms with Crippen molar-refractivity contribution in [2.45, 2.75) is 37.8 Å². The number of nitrogens with zero attached hydrogens (tertiary/aromatic N) is 4. The van der Waals surface area contributed by atoms with E-state index >= 15 is 0 Å². The highest BCUT2D eigenvalue weighted by molar-refractivity contribution is 6.07. The van der Waals surface area contributed by atoms with Crippen LogP contribution in [0, 0.1) is 22.7 Å². The fourth-order valence-corrected chi connectivity index (χ4v) is 7.28. The fraction of sp³-hybridized carbons (Fsp3) is 0.190. The van der Waals surface area contributed by atoms with Crippen molar-refractivity contribution in [3.63, 3.8) is 0 Å². The Labute approximate surface area is 329 Å². The standard InChI is InChI=1S/2C21H16F2N4O2/c2*22-19(23)14-2-1-3-15(10-14)27-16-8-9-25-20(28)17(16)18(26-21(27)29)13-6-4-12(11-24)5-7-13/h2*1-7,10,18-19H,8-9H2,(H,25,28)(H,26,29)/t2*18-/m10/s1. The van der Waals surface area contributed by atoms with E-state index < -0.39 is 37.0 Å². The number of hydrogen-bond donors (Lipinski definition) is 4. The molecule has 0 saturated carbocycles. The number of alkyl halides is 4. The predicted octanol–water partition coefficient (Wildman–Crippen LogP) is 7.08. The number of amides is 6. The van der Waals surface area contributed by atoms with Gasteiger partial charge >= 0.3 is 12.1 Å². The summed E-state index contributed by atoms with van der Waals surface area (Å²) in [5, 5.41) is 29.1.